The van der Waals surface area contributed by atoms with Gasteiger partial charge < -0.3 is 24.6 Å². The van der Waals surface area contributed by atoms with Crippen molar-refractivity contribution >= 4 is 40.7 Å². The van der Waals surface area contributed by atoms with Gasteiger partial charge in [-0.1, -0.05) is 29.3 Å². The smallest absolute Gasteiger partial charge is 0.295 e. The molecule has 1 aliphatic rings. The Bertz CT molecular complexity index is 1070. The van der Waals surface area contributed by atoms with E-state index in [4.69, 9.17) is 32.7 Å². The normalized spacial score (nSPS) is 17.8. The average Bonchev–Trinajstić information content (AvgIpc) is 3.02. The van der Waals surface area contributed by atoms with Crippen LogP contribution in [0, 0.1) is 0 Å². The number of aliphatic hydroxyl groups excluding tert-OH is 1. The Morgan fingerprint density at radius 1 is 1.12 bits per heavy atom. The fraction of sp³-hybridized carbons (Fsp3) is 0.304. The monoisotopic (exact) mass is 479 g/mol. The fourth-order valence-corrected chi connectivity index (χ4v) is 4.01. The minimum absolute atomic E-state index is 0.0568. The van der Waals surface area contributed by atoms with Gasteiger partial charge in [0.25, 0.3) is 11.7 Å². The van der Waals surface area contributed by atoms with E-state index in [0.717, 1.165) is 0 Å². The molecule has 0 saturated carbocycles. The van der Waals surface area contributed by atoms with Crippen molar-refractivity contribution in [1.82, 2.24) is 4.90 Å². The van der Waals surface area contributed by atoms with Gasteiger partial charge in [0.15, 0.2) is 0 Å². The highest BCUT2D eigenvalue weighted by atomic mass is 35.5. The van der Waals surface area contributed by atoms with E-state index in [1.54, 1.807) is 25.3 Å². The van der Waals surface area contributed by atoms with Crippen LogP contribution >= 0.6 is 23.2 Å². The van der Waals surface area contributed by atoms with Crippen LogP contribution in [-0.4, -0.2) is 53.7 Å². The van der Waals surface area contributed by atoms with Gasteiger partial charge in [0.1, 0.15) is 17.3 Å². The summed E-state index contributed by atoms with van der Waals surface area (Å²) in [6, 6.07) is 8.16. The van der Waals surface area contributed by atoms with Crippen LogP contribution in [0.2, 0.25) is 10.0 Å². The van der Waals surface area contributed by atoms with Crippen molar-refractivity contribution < 1.29 is 29.3 Å². The Kier molecular flexibility index (Phi) is 7.66. The number of halogens is 2. The molecule has 32 heavy (non-hydrogen) atoms. The lowest BCUT2D eigenvalue weighted by Crippen LogP contribution is -2.31. The van der Waals surface area contributed by atoms with Crippen LogP contribution in [0.4, 0.5) is 0 Å². The van der Waals surface area contributed by atoms with E-state index < -0.39 is 23.5 Å². The molecule has 0 aliphatic carbocycles. The molecule has 2 aromatic rings. The number of amides is 1. The Balaban J connectivity index is 2.18. The molecule has 0 radical (unpaired) electrons. The number of ketones is 1. The summed E-state index contributed by atoms with van der Waals surface area (Å²) >= 11 is 12.4. The largest absolute Gasteiger partial charge is 0.507 e. The van der Waals surface area contributed by atoms with Crippen LogP contribution < -0.4 is 4.74 Å². The first-order valence-corrected chi connectivity index (χ1v) is 10.7. The number of Topliss-reactive ketones (excluding diaryl/α,β-unsaturated/α-hetero) is 1. The number of phenols is 1. The van der Waals surface area contributed by atoms with Crippen molar-refractivity contribution in [2.24, 2.45) is 0 Å². The molecule has 1 saturated heterocycles. The van der Waals surface area contributed by atoms with E-state index >= 15 is 0 Å². The zero-order chi connectivity index (χ0) is 23.4. The maximum absolute atomic E-state index is 13.0. The molecule has 1 aliphatic heterocycles. The zero-order valence-corrected chi connectivity index (χ0v) is 19.1. The number of carbonyl (C=O) groups is 2. The first kappa shape index (κ1) is 23.9. The molecule has 3 rings (SSSR count). The molecule has 0 aromatic heterocycles. The van der Waals surface area contributed by atoms with Crippen molar-refractivity contribution in [2.75, 3.05) is 26.9 Å². The third kappa shape index (κ3) is 4.70. The number of ether oxygens (including phenoxy) is 2. The maximum atomic E-state index is 13.0. The molecule has 9 heteroatoms. The van der Waals surface area contributed by atoms with Gasteiger partial charge in [-0.3, -0.25) is 9.59 Å². The fourth-order valence-electron chi connectivity index (χ4n) is 3.62. The molecule has 1 amide bonds. The van der Waals surface area contributed by atoms with E-state index in [1.807, 2.05) is 6.92 Å². The summed E-state index contributed by atoms with van der Waals surface area (Å²) in [7, 11) is 1.54. The third-order valence-corrected chi connectivity index (χ3v) is 5.71. The zero-order valence-electron chi connectivity index (χ0n) is 17.6. The summed E-state index contributed by atoms with van der Waals surface area (Å²) in [6.45, 7) is 2.81. The van der Waals surface area contributed by atoms with Gasteiger partial charge in [-0.2, -0.15) is 0 Å². The van der Waals surface area contributed by atoms with Gasteiger partial charge in [-0.05, 0) is 49.2 Å². The Morgan fingerprint density at radius 3 is 2.53 bits per heavy atom. The van der Waals surface area contributed by atoms with E-state index in [0.29, 0.717) is 30.9 Å². The van der Waals surface area contributed by atoms with E-state index in [1.165, 1.54) is 23.1 Å². The van der Waals surface area contributed by atoms with Crippen molar-refractivity contribution in [3.05, 3.63) is 63.1 Å². The molecule has 7 nitrogen and oxygen atoms in total. The lowest BCUT2D eigenvalue weighted by Gasteiger charge is -2.25. The molecule has 1 atom stereocenters. The predicted molar refractivity (Wildman–Crippen MR) is 121 cm³/mol. The summed E-state index contributed by atoms with van der Waals surface area (Å²) in [5, 5.41) is 21.2. The highest BCUT2D eigenvalue weighted by Crippen LogP contribution is 2.42. The summed E-state index contributed by atoms with van der Waals surface area (Å²) in [5.74, 6) is -1.70. The van der Waals surface area contributed by atoms with Crippen LogP contribution in [0.5, 0.6) is 11.5 Å². The number of aliphatic hydroxyl groups is 1. The lowest BCUT2D eigenvalue weighted by molar-refractivity contribution is -0.140. The van der Waals surface area contributed by atoms with Crippen LogP contribution in [0.15, 0.2) is 42.0 Å². The topological polar surface area (TPSA) is 96.3 Å². The van der Waals surface area contributed by atoms with Gasteiger partial charge in [0.2, 0.25) is 0 Å². The number of carbonyl (C=O) groups excluding carboxylic acids is 2. The minimum Gasteiger partial charge on any atom is -0.507 e. The van der Waals surface area contributed by atoms with Crippen molar-refractivity contribution in [3.8, 4) is 11.5 Å². The number of likely N-dealkylation sites (tertiary alicyclic amines) is 1. The molecule has 1 heterocycles. The second-order valence-corrected chi connectivity index (χ2v) is 7.94. The maximum Gasteiger partial charge on any atom is 0.295 e. The van der Waals surface area contributed by atoms with Gasteiger partial charge in [0.05, 0.1) is 28.3 Å². The van der Waals surface area contributed by atoms with Gasteiger partial charge in [0, 0.05) is 25.8 Å². The number of hydrogen-bond donors (Lipinski definition) is 2. The number of phenolic OH excluding ortho intramolecular Hbond substituents is 1. The SMILES string of the molecule is CCOc1ccc(Cl)c(/C(O)=C2\C(=O)C(=O)N(CCCOC)C2c2ccc(O)c(Cl)c2)c1. The standard InChI is InChI=1S/C23H23Cl2NO6/c1-3-32-14-6-7-16(24)15(12-14)21(28)19-20(13-5-8-18(27)17(25)11-13)26(9-4-10-31-2)23(30)22(19)29/h5-8,11-12,20,27-28H,3-4,9-10H2,1-2H3/b21-19+. The lowest BCUT2D eigenvalue weighted by atomic mass is 9.95. The molecular formula is C23H23Cl2NO6. The Labute approximate surface area is 195 Å². The third-order valence-electron chi connectivity index (χ3n) is 5.08. The van der Waals surface area contributed by atoms with E-state index in [2.05, 4.69) is 0 Å². The number of nitrogens with zero attached hydrogens (tertiary/aromatic N) is 1. The minimum atomic E-state index is -0.920. The van der Waals surface area contributed by atoms with Crippen LogP contribution in [0.1, 0.15) is 30.5 Å². The molecule has 170 valence electrons. The Hall–Kier alpha value is -2.74. The number of methoxy groups -OCH3 is 1. The van der Waals surface area contributed by atoms with Crippen molar-refractivity contribution in [2.45, 2.75) is 19.4 Å². The van der Waals surface area contributed by atoms with Gasteiger partial charge in [-0.15, -0.1) is 0 Å². The number of hydrogen-bond acceptors (Lipinski definition) is 6. The number of aromatic hydroxyl groups is 1. The van der Waals surface area contributed by atoms with Gasteiger partial charge in [-0.25, -0.2) is 0 Å². The highest BCUT2D eigenvalue weighted by molar-refractivity contribution is 6.47. The predicted octanol–water partition coefficient (Wildman–Crippen LogP) is 4.56. The van der Waals surface area contributed by atoms with Crippen molar-refractivity contribution in [1.29, 1.82) is 0 Å². The molecular weight excluding hydrogens is 457 g/mol. The average molecular weight is 480 g/mol. The molecule has 1 unspecified atom stereocenters. The summed E-state index contributed by atoms with van der Waals surface area (Å²) in [5.41, 5.74) is 0.509. The first-order valence-electron chi connectivity index (χ1n) is 9.98. The van der Waals surface area contributed by atoms with Crippen molar-refractivity contribution in [3.63, 3.8) is 0 Å². The quantitative estimate of drug-likeness (QED) is 0.249. The molecule has 0 spiro atoms. The molecule has 2 N–H and O–H groups in total. The number of benzene rings is 2. The molecule has 0 bridgehead atoms. The molecule has 1 fully saturated rings. The van der Waals surface area contributed by atoms with Crippen LogP contribution in [0.25, 0.3) is 5.76 Å². The van der Waals surface area contributed by atoms with Gasteiger partial charge >= 0.3 is 0 Å². The van der Waals surface area contributed by atoms with E-state index in [-0.39, 0.29) is 33.5 Å². The summed E-state index contributed by atoms with van der Waals surface area (Å²) in [4.78, 5) is 27.3. The highest BCUT2D eigenvalue weighted by Gasteiger charge is 2.46. The van der Waals surface area contributed by atoms with Crippen LogP contribution in [0.3, 0.4) is 0 Å². The second-order valence-electron chi connectivity index (χ2n) is 7.12. The first-order chi connectivity index (χ1) is 15.3. The Morgan fingerprint density at radius 2 is 1.88 bits per heavy atom. The van der Waals surface area contributed by atoms with Crippen LogP contribution in [-0.2, 0) is 14.3 Å². The van der Waals surface area contributed by atoms with E-state index in [9.17, 15) is 19.8 Å². The molecule has 2 aromatic carbocycles. The second kappa shape index (κ2) is 10.3. The summed E-state index contributed by atoms with van der Waals surface area (Å²) < 4.78 is 10.5. The number of rotatable bonds is 8. The summed E-state index contributed by atoms with van der Waals surface area (Å²) in [6.07, 6.45) is 0.479.